The molecule has 9 heteroatoms. The average molecular weight is 441 g/mol. The lowest BCUT2D eigenvalue weighted by atomic mass is 10.1. The first kappa shape index (κ1) is 20.8. The Bertz CT molecular complexity index is 1470. The van der Waals surface area contributed by atoms with Crippen LogP contribution in [-0.2, 0) is 10.0 Å². The fourth-order valence-electron chi connectivity index (χ4n) is 3.30. The highest BCUT2D eigenvalue weighted by Crippen LogP contribution is 2.27. The molecule has 1 aromatic heterocycles. The van der Waals surface area contributed by atoms with E-state index in [1.54, 1.807) is 43.3 Å². The van der Waals surface area contributed by atoms with Crippen LogP contribution in [0.3, 0.4) is 0 Å². The maximum atomic E-state index is 14.4. The molecule has 0 radical (unpaired) electrons. The molecule has 6 nitrogen and oxygen atoms in total. The monoisotopic (exact) mass is 441 g/mol. The highest BCUT2D eigenvalue weighted by atomic mass is 32.2. The first-order valence-corrected chi connectivity index (χ1v) is 10.9. The van der Waals surface area contributed by atoms with Crippen molar-refractivity contribution >= 4 is 20.8 Å². The molecular formula is C22H17F2N3O3S. The number of halogens is 2. The molecule has 4 aromatic rings. The zero-order chi connectivity index (χ0) is 22.2. The van der Waals surface area contributed by atoms with Gasteiger partial charge in [0.05, 0.1) is 16.0 Å². The second-order valence-corrected chi connectivity index (χ2v) is 8.50. The molecule has 0 aliphatic rings. The molecule has 0 aliphatic carbocycles. The number of rotatable bonds is 5. The molecule has 0 saturated heterocycles. The lowest BCUT2D eigenvalue weighted by Gasteiger charge is -2.13. The summed E-state index contributed by atoms with van der Waals surface area (Å²) in [7, 11) is -3.72. The van der Waals surface area contributed by atoms with Gasteiger partial charge in [-0.3, -0.25) is 4.79 Å². The summed E-state index contributed by atoms with van der Waals surface area (Å²) >= 11 is 0. The normalized spacial score (nSPS) is 11.7. The molecule has 0 unspecified atom stereocenters. The van der Waals surface area contributed by atoms with Gasteiger partial charge in [0, 0.05) is 23.6 Å². The molecule has 158 valence electrons. The fraction of sp³-hybridized carbons (Fsp3) is 0.0909. The quantitative estimate of drug-likeness (QED) is 0.513. The van der Waals surface area contributed by atoms with Gasteiger partial charge in [-0.05, 0) is 30.3 Å². The molecule has 0 spiro atoms. The maximum Gasteiger partial charge on any atom is 0.279 e. The molecule has 0 bridgehead atoms. The van der Waals surface area contributed by atoms with Gasteiger partial charge in [-0.1, -0.05) is 37.3 Å². The number of benzene rings is 3. The van der Waals surface area contributed by atoms with Crippen LogP contribution in [0.5, 0.6) is 0 Å². The van der Waals surface area contributed by atoms with E-state index in [2.05, 4.69) is 9.82 Å². The summed E-state index contributed by atoms with van der Waals surface area (Å²) in [5.41, 5.74) is -0.0879. The summed E-state index contributed by atoms with van der Waals surface area (Å²) < 4.78 is 55.9. The summed E-state index contributed by atoms with van der Waals surface area (Å²) in [6.45, 7) is 1.89. The van der Waals surface area contributed by atoms with Crippen molar-refractivity contribution in [2.45, 2.75) is 11.8 Å². The third kappa shape index (κ3) is 3.85. The second-order valence-electron chi connectivity index (χ2n) is 6.74. The van der Waals surface area contributed by atoms with Crippen LogP contribution in [0.1, 0.15) is 6.92 Å². The maximum absolute atomic E-state index is 14.4. The summed E-state index contributed by atoms with van der Waals surface area (Å²) in [6.07, 6.45) is 0. The Balaban J connectivity index is 2.02. The van der Waals surface area contributed by atoms with Gasteiger partial charge in [0.15, 0.2) is 5.82 Å². The van der Waals surface area contributed by atoms with E-state index in [4.69, 9.17) is 0 Å². The van der Waals surface area contributed by atoms with E-state index in [9.17, 15) is 22.0 Å². The second kappa shape index (κ2) is 8.01. The summed E-state index contributed by atoms with van der Waals surface area (Å²) in [6, 6.07) is 15.5. The molecule has 31 heavy (non-hydrogen) atoms. The van der Waals surface area contributed by atoms with Gasteiger partial charge in [-0.25, -0.2) is 21.9 Å². The molecular weight excluding hydrogens is 424 g/mol. The van der Waals surface area contributed by atoms with Gasteiger partial charge in [0.2, 0.25) is 10.0 Å². The standard InChI is InChI=1S/C22H17F2N3O3S/c1-2-25-31(29,30)16-7-5-6-14(12-16)21-17-8-3-4-9-18(17)22(28)27(26-21)20-11-10-15(23)13-19(20)24/h3-13,25H,2H2,1H3. The number of aromatic nitrogens is 2. The summed E-state index contributed by atoms with van der Waals surface area (Å²) in [5.74, 6) is -1.73. The van der Waals surface area contributed by atoms with Gasteiger partial charge in [0.1, 0.15) is 11.5 Å². The van der Waals surface area contributed by atoms with Gasteiger partial charge in [-0.15, -0.1) is 0 Å². The van der Waals surface area contributed by atoms with Crippen LogP contribution in [0, 0.1) is 11.6 Å². The molecule has 0 aliphatic heterocycles. The Morgan fingerprint density at radius 1 is 0.968 bits per heavy atom. The van der Waals surface area contributed by atoms with Crippen LogP contribution >= 0.6 is 0 Å². The first-order valence-electron chi connectivity index (χ1n) is 9.39. The number of hydrogen-bond acceptors (Lipinski definition) is 4. The van der Waals surface area contributed by atoms with Crippen LogP contribution < -0.4 is 10.3 Å². The zero-order valence-electron chi connectivity index (χ0n) is 16.3. The Hall–Kier alpha value is -3.43. The van der Waals surface area contributed by atoms with Crippen molar-refractivity contribution in [3.8, 4) is 16.9 Å². The molecule has 4 rings (SSSR count). The molecule has 1 heterocycles. The minimum Gasteiger partial charge on any atom is -0.267 e. The van der Waals surface area contributed by atoms with Gasteiger partial charge in [0.25, 0.3) is 5.56 Å². The van der Waals surface area contributed by atoms with Crippen LogP contribution in [0.25, 0.3) is 27.7 Å². The number of sulfonamides is 1. The van der Waals surface area contributed by atoms with Gasteiger partial charge >= 0.3 is 0 Å². The third-order valence-electron chi connectivity index (χ3n) is 4.70. The predicted octanol–water partition coefficient (Wildman–Crippen LogP) is 3.63. The highest BCUT2D eigenvalue weighted by molar-refractivity contribution is 7.89. The van der Waals surface area contributed by atoms with Crippen molar-refractivity contribution in [2.24, 2.45) is 0 Å². The number of fused-ring (bicyclic) bond motifs is 1. The van der Waals surface area contributed by atoms with E-state index in [0.717, 1.165) is 16.8 Å². The Kier molecular flexibility index (Phi) is 5.38. The van der Waals surface area contributed by atoms with Crippen molar-refractivity contribution in [3.05, 3.63) is 88.7 Å². The topological polar surface area (TPSA) is 81.1 Å². The zero-order valence-corrected chi connectivity index (χ0v) is 17.2. The minimum absolute atomic E-state index is 0.0310. The summed E-state index contributed by atoms with van der Waals surface area (Å²) in [5, 5.41) is 5.06. The van der Waals surface area contributed by atoms with E-state index in [-0.39, 0.29) is 28.2 Å². The molecule has 3 aromatic carbocycles. The van der Waals surface area contributed by atoms with Crippen molar-refractivity contribution in [1.82, 2.24) is 14.5 Å². The van der Waals surface area contributed by atoms with E-state index in [0.29, 0.717) is 17.0 Å². The van der Waals surface area contributed by atoms with E-state index >= 15 is 0 Å². The molecule has 0 atom stereocenters. The smallest absolute Gasteiger partial charge is 0.267 e. The van der Waals surface area contributed by atoms with Crippen molar-refractivity contribution in [2.75, 3.05) is 6.54 Å². The van der Waals surface area contributed by atoms with Crippen LogP contribution in [0.4, 0.5) is 8.78 Å². The SMILES string of the molecule is CCNS(=O)(=O)c1cccc(-c2nn(-c3ccc(F)cc3F)c(=O)c3ccccc23)c1. The Morgan fingerprint density at radius 3 is 2.42 bits per heavy atom. The molecule has 0 fully saturated rings. The van der Waals surface area contributed by atoms with Crippen LogP contribution in [-0.4, -0.2) is 24.7 Å². The van der Waals surface area contributed by atoms with Crippen molar-refractivity contribution < 1.29 is 17.2 Å². The highest BCUT2D eigenvalue weighted by Gasteiger charge is 2.18. The average Bonchev–Trinajstić information content (AvgIpc) is 2.75. The van der Waals surface area contributed by atoms with Crippen molar-refractivity contribution in [3.63, 3.8) is 0 Å². The van der Waals surface area contributed by atoms with Crippen molar-refractivity contribution in [1.29, 1.82) is 0 Å². The summed E-state index contributed by atoms with van der Waals surface area (Å²) in [4.78, 5) is 13.0. The lowest BCUT2D eigenvalue weighted by Crippen LogP contribution is -2.24. The predicted molar refractivity (Wildman–Crippen MR) is 114 cm³/mol. The molecule has 0 saturated carbocycles. The first-order chi connectivity index (χ1) is 14.8. The lowest BCUT2D eigenvalue weighted by molar-refractivity contribution is 0.571. The Morgan fingerprint density at radius 2 is 1.71 bits per heavy atom. The largest absolute Gasteiger partial charge is 0.279 e. The third-order valence-corrected chi connectivity index (χ3v) is 6.24. The number of nitrogens with one attached hydrogen (secondary N) is 1. The van der Waals surface area contributed by atoms with E-state index in [1.165, 1.54) is 12.1 Å². The Labute approximate surface area is 176 Å². The minimum atomic E-state index is -3.72. The molecule has 1 N–H and O–H groups in total. The fourth-order valence-corrected chi connectivity index (χ4v) is 4.39. The van der Waals surface area contributed by atoms with E-state index in [1.807, 2.05) is 0 Å². The van der Waals surface area contributed by atoms with E-state index < -0.39 is 27.2 Å². The number of nitrogens with zero attached hydrogens (tertiary/aromatic N) is 2. The van der Waals surface area contributed by atoms with Gasteiger partial charge in [-0.2, -0.15) is 9.78 Å². The number of hydrogen-bond donors (Lipinski definition) is 1. The van der Waals surface area contributed by atoms with Gasteiger partial charge < -0.3 is 0 Å². The van der Waals surface area contributed by atoms with Crippen LogP contribution in [0.15, 0.2) is 76.4 Å². The molecule has 0 amide bonds. The van der Waals surface area contributed by atoms with Crippen LogP contribution in [0.2, 0.25) is 0 Å².